The minimum absolute atomic E-state index is 0.140. The molecule has 0 aliphatic carbocycles. The van der Waals surface area contributed by atoms with Crippen LogP contribution in [0.4, 0.5) is 0 Å². The van der Waals surface area contributed by atoms with Crippen LogP contribution in [0.3, 0.4) is 0 Å². The summed E-state index contributed by atoms with van der Waals surface area (Å²) in [5.74, 6) is 0. The lowest BCUT2D eigenvalue weighted by atomic mass is 10.3. The summed E-state index contributed by atoms with van der Waals surface area (Å²) in [6, 6.07) is 2.79. The Labute approximate surface area is 103 Å². The van der Waals surface area contributed by atoms with Crippen LogP contribution < -0.4 is 0 Å². The Morgan fingerprint density at radius 1 is 0.733 bits per heavy atom. The molecular formula is C9H28O2Si4. The number of hydrogen-bond donors (Lipinski definition) is 0. The molecular weight excluding hydrogens is 252 g/mol. The van der Waals surface area contributed by atoms with Crippen molar-refractivity contribution in [2.45, 2.75) is 57.5 Å². The Bertz CT molecular complexity index is 119. The molecule has 0 bridgehead atoms. The summed E-state index contributed by atoms with van der Waals surface area (Å²) in [5, 5.41) is 0. The van der Waals surface area contributed by atoms with Gasteiger partial charge in [-0.15, -0.1) is 0 Å². The maximum atomic E-state index is 5.77. The molecule has 0 aromatic rings. The Hall–Kier alpha value is 0.788. The predicted molar refractivity (Wildman–Crippen MR) is 80.5 cm³/mol. The summed E-state index contributed by atoms with van der Waals surface area (Å²) in [7, 11) is -1.68. The van der Waals surface area contributed by atoms with Crippen molar-refractivity contribution in [2.24, 2.45) is 0 Å². The first-order valence-electron chi connectivity index (χ1n) is 6.36. The first-order chi connectivity index (χ1) is 7.13. The van der Waals surface area contributed by atoms with Crippen LogP contribution in [0.25, 0.3) is 0 Å². The van der Waals surface area contributed by atoms with Crippen molar-refractivity contribution >= 4 is 37.6 Å². The highest BCUT2D eigenvalue weighted by molar-refractivity contribution is 6.56. The van der Waals surface area contributed by atoms with E-state index in [1.54, 1.807) is 0 Å². The largest absolute Gasteiger partial charge is 0.463 e. The van der Waals surface area contributed by atoms with E-state index in [1.807, 2.05) is 0 Å². The Balaban J connectivity index is 2.93. The molecule has 0 amide bonds. The Kier molecular flexibility index (Phi) is 11.9. The quantitative estimate of drug-likeness (QED) is 0.442. The highest BCUT2D eigenvalue weighted by atomic mass is 28.3. The van der Waals surface area contributed by atoms with Crippen LogP contribution in [0.5, 0.6) is 0 Å². The predicted octanol–water partition coefficient (Wildman–Crippen LogP) is 1.16. The van der Waals surface area contributed by atoms with Crippen LogP contribution >= 0.6 is 0 Å². The van der Waals surface area contributed by atoms with Gasteiger partial charge in [-0.2, -0.15) is 0 Å². The van der Waals surface area contributed by atoms with Crippen LogP contribution in [-0.2, 0) is 8.23 Å². The van der Waals surface area contributed by atoms with Crippen LogP contribution in [0, 0.1) is 0 Å². The lowest BCUT2D eigenvalue weighted by Crippen LogP contribution is -2.11. The van der Waals surface area contributed by atoms with Crippen molar-refractivity contribution in [3.8, 4) is 0 Å². The SMILES string of the molecule is C[SiH](C)O[SiH2]CCCCC[SiH2]O[SiH](C)C. The van der Waals surface area contributed by atoms with Crippen molar-refractivity contribution < 1.29 is 8.23 Å². The third kappa shape index (κ3) is 14.8. The van der Waals surface area contributed by atoms with Crippen molar-refractivity contribution in [1.82, 2.24) is 0 Å². The van der Waals surface area contributed by atoms with E-state index in [0.29, 0.717) is 0 Å². The second-order valence-corrected chi connectivity index (χ2v) is 13.7. The molecule has 0 radical (unpaired) electrons. The summed E-state index contributed by atoms with van der Waals surface area (Å²) in [6.07, 6.45) is 4.22. The molecule has 0 aliphatic heterocycles. The number of unbranched alkanes of at least 4 members (excludes halogenated alkanes) is 2. The van der Waals surface area contributed by atoms with Gasteiger partial charge in [0, 0.05) is 0 Å². The molecule has 0 unspecified atom stereocenters. The third-order valence-corrected chi connectivity index (χ3v) is 11.0. The van der Waals surface area contributed by atoms with Crippen molar-refractivity contribution in [1.29, 1.82) is 0 Å². The normalized spacial score (nSPS) is 13.2. The molecule has 6 heteroatoms. The third-order valence-electron chi connectivity index (χ3n) is 2.19. The fourth-order valence-corrected chi connectivity index (χ4v) is 7.59. The average Bonchev–Trinajstić information content (AvgIpc) is 2.14. The monoisotopic (exact) mass is 280 g/mol. The van der Waals surface area contributed by atoms with Gasteiger partial charge in [-0.05, 0) is 38.3 Å². The van der Waals surface area contributed by atoms with E-state index in [0.717, 1.165) is 0 Å². The molecule has 0 saturated heterocycles. The van der Waals surface area contributed by atoms with Gasteiger partial charge < -0.3 is 8.23 Å². The molecule has 15 heavy (non-hydrogen) atoms. The minimum atomic E-state index is -0.699. The van der Waals surface area contributed by atoms with Gasteiger partial charge in [0.15, 0.2) is 18.1 Å². The van der Waals surface area contributed by atoms with Gasteiger partial charge in [-0.3, -0.25) is 0 Å². The summed E-state index contributed by atoms with van der Waals surface area (Å²) in [4.78, 5) is 0. The summed E-state index contributed by atoms with van der Waals surface area (Å²) in [6.45, 7) is 9.08. The van der Waals surface area contributed by atoms with Crippen molar-refractivity contribution in [2.75, 3.05) is 0 Å². The maximum absolute atomic E-state index is 5.77. The molecule has 0 heterocycles. The average molecular weight is 281 g/mol. The first-order valence-corrected chi connectivity index (χ1v) is 15.1. The zero-order valence-electron chi connectivity index (χ0n) is 10.9. The summed E-state index contributed by atoms with van der Waals surface area (Å²) < 4.78 is 11.5. The lowest BCUT2D eigenvalue weighted by Gasteiger charge is -2.07. The zero-order valence-corrected chi connectivity index (χ0v) is 16.1. The highest BCUT2D eigenvalue weighted by Crippen LogP contribution is 2.04. The maximum Gasteiger partial charge on any atom is 0.156 e. The molecule has 0 aromatic carbocycles. The molecule has 0 N–H and O–H groups in total. The van der Waals surface area contributed by atoms with Crippen molar-refractivity contribution in [3.05, 3.63) is 0 Å². The van der Waals surface area contributed by atoms with Gasteiger partial charge in [-0.25, -0.2) is 0 Å². The molecule has 0 rings (SSSR count). The second-order valence-electron chi connectivity index (χ2n) is 4.61. The molecule has 0 atom stereocenters. The molecule has 0 spiro atoms. The molecule has 0 aromatic heterocycles. The Morgan fingerprint density at radius 3 is 1.47 bits per heavy atom. The standard InChI is InChI=1S/C9H28O2Si4/c1-14(2)10-12-8-6-5-7-9-13-11-15(3)4/h14-15H,5-9,12-13H2,1-4H3. The van der Waals surface area contributed by atoms with E-state index < -0.39 is 18.1 Å². The highest BCUT2D eigenvalue weighted by Gasteiger charge is 1.97. The first kappa shape index (κ1) is 15.8. The van der Waals surface area contributed by atoms with E-state index in [1.165, 1.54) is 31.4 Å². The molecule has 92 valence electrons. The van der Waals surface area contributed by atoms with Gasteiger partial charge in [0.25, 0.3) is 0 Å². The van der Waals surface area contributed by atoms with Crippen LogP contribution in [0.1, 0.15) is 19.3 Å². The smallest absolute Gasteiger partial charge is 0.156 e. The lowest BCUT2D eigenvalue weighted by molar-refractivity contribution is 0.602. The van der Waals surface area contributed by atoms with Gasteiger partial charge in [0.2, 0.25) is 0 Å². The minimum Gasteiger partial charge on any atom is -0.463 e. The van der Waals surface area contributed by atoms with Crippen LogP contribution in [0.15, 0.2) is 0 Å². The van der Waals surface area contributed by atoms with Gasteiger partial charge >= 0.3 is 0 Å². The van der Waals surface area contributed by atoms with Gasteiger partial charge in [-0.1, -0.05) is 19.3 Å². The fraction of sp³-hybridized carbons (Fsp3) is 1.00. The topological polar surface area (TPSA) is 18.5 Å². The van der Waals surface area contributed by atoms with Crippen LogP contribution in [-0.4, -0.2) is 37.6 Å². The summed E-state index contributed by atoms with van der Waals surface area (Å²) in [5.41, 5.74) is 0. The van der Waals surface area contributed by atoms with E-state index in [-0.39, 0.29) is 19.5 Å². The number of hydrogen-bond acceptors (Lipinski definition) is 2. The summed E-state index contributed by atoms with van der Waals surface area (Å²) >= 11 is 0. The molecule has 0 saturated carbocycles. The van der Waals surface area contributed by atoms with Crippen molar-refractivity contribution in [3.63, 3.8) is 0 Å². The fourth-order valence-electron chi connectivity index (χ4n) is 1.37. The van der Waals surface area contributed by atoms with Gasteiger partial charge in [0.1, 0.15) is 19.5 Å². The second kappa shape index (κ2) is 11.3. The van der Waals surface area contributed by atoms with Crippen LogP contribution in [0.2, 0.25) is 38.3 Å². The molecule has 0 fully saturated rings. The van der Waals surface area contributed by atoms with E-state index in [9.17, 15) is 0 Å². The Morgan fingerprint density at radius 2 is 1.13 bits per heavy atom. The van der Waals surface area contributed by atoms with Gasteiger partial charge in [0.05, 0.1) is 0 Å². The number of rotatable bonds is 10. The molecule has 2 nitrogen and oxygen atoms in total. The van der Waals surface area contributed by atoms with E-state index >= 15 is 0 Å². The zero-order chi connectivity index (χ0) is 11.5. The molecule has 0 aliphatic rings. The van der Waals surface area contributed by atoms with E-state index in [2.05, 4.69) is 26.2 Å². The van der Waals surface area contributed by atoms with E-state index in [4.69, 9.17) is 8.23 Å².